The highest BCUT2D eigenvalue weighted by atomic mass is 16.4. The average molecular weight is 340 g/mol. The predicted octanol–water partition coefficient (Wildman–Crippen LogP) is 2.89. The Morgan fingerprint density at radius 2 is 2.00 bits per heavy atom. The first-order valence-electron chi connectivity index (χ1n) is 9.50. The van der Waals surface area contributed by atoms with Crippen LogP contribution in [0.1, 0.15) is 38.5 Å². The zero-order valence-electron chi connectivity index (χ0n) is 14.2. The van der Waals surface area contributed by atoms with Crippen molar-refractivity contribution in [3.05, 3.63) is 36.0 Å². The van der Waals surface area contributed by atoms with Crippen molar-refractivity contribution in [2.75, 3.05) is 0 Å². The van der Waals surface area contributed by atoms with Crippen molar-refractivity contribution in [1.82, 2.24) is 0 Å². The minimum Gasteiger partial charge on any atom is -0.481 e. The zero-order chi connectivity index (χ0) is 17.4. The Morgan fingerprint density at radius 3 is 2.72 bits per heavy atom. The quantitative estimate of drug-likeness (QED) is 0.609. The van der Waals surface area contributed by atoms with Crippen LogP contribution >= 0.6 is 0 Å². The van der Waals surface area contributed by atoms with Crippen molar-refractivity contribution < 1.29 is 19.8 Å². The Bertz CT molecular complexity index is 747. The molecule has 5 rings (SSSR count). The number of carbonyl (C=O) groups excluding carboxylic acids is 1. The van der Waals surface area contributed by atoms with Gasteiger partial charge in [-0.05, 0) is 61.7 Å². The molecule has 0 saturated heterocycles. The topological polar surface area (TPSA) is 74.6 Å². The Morgan fingerprint density at radius 1 is 1.20 bits per heavy atom. The van der Waals surface area contributed by atoms with Gasteiger partial charge in [0.1, 0.15) is 0 Å². The summed E-state index contributed by atoms with van der Waals surface area (Å²) in [6.45, 7) is 0. The van der Waals surface area contributed by atoms with Gasteiger partial charge in [0.25, 0.3) is 0 Å². The van der Waals surface area contributed by atoms with Crippen molar-refractivity contribution >= 4 is 11.8 Å². The lowest BCUT2D eigenvalue weighted by atomic mass is 9.64. The van der Waals surface area contributed by atoms with Crippen LogP contribution in [0.15, 0.2) is 36.0 Å². The van der Waals surface area contributed by atoms with Crippen molar-refractivity contribution in [1.29, 1.82) is 0 Å². The summed E-state index contributed by atoms with van der Waals surface area (Å²) in [4.78, 5) is 24.4. The molecule has 5 aliphatic rings. The van der Waals surface area contributed by atoms with E-state index in [0.29, 0.717) is 29.2 Å². The Balaban J connectivity index is 1.42. The zero-order valence-corrected chi connectivity index (χ0v) is 14.2. The number of hydrogen-bond acceptors (Lipinski definition) is 3. The molecule has 0 heterocycles. The molecule has 0 aromatic carbocycles. The smallest absolute Gasteiger partial charge is 0.306 e. The van der Waals surface area contributed by atoms with E-state index in [-0.39, 0.29) is 24.0 Å². The second-order valence-corrected chi connectivity index (χ2v) is 8.90. The number of allylic oxidation sites excluding steroid dienone is 4. The first-order valence-corrected chi connectivity index (χ1v) is 9.50. The number of fused-ring (bicyclic) bond motifs is 9. The lowest BCUT2D eigenvalue weighted by Gasteiger charge is -2.39. The SMILES string of the molecule is O=C(O)CC1(O)C=CC(C(=O)C23C=CC(C2)C2C4CCC(C4)C23)=CC1. The summed E-state index contributed by atoms with van der Waals surface area (Å²) in [7, 11) is 0. The average Bonchev–Trinajstić information content (AvgIpc) is 3.32. The Hall–Kier alpha value is -1.68. The molecule has 7 unspecified atom stereocenters. The van der Waals surface area contributed by atoms with Crippen LogP contribution in [0, 0.1) is 35.0 Å². The van der Waals surface area contributed by atoms with E-state index in [1.165, 1.54) is 25.3 Å². The van der Waals surface area contributed by atoms with Crippen LogP contribution in [0.25, 0.3) is 0 Å². The van der Waals surface area contributed by atoms with Gasteiger partial charge in [-0.3, -0.25) is 9.59 Å². The normalized spacial score (nSPS) is 48.7. The van der Waals surface area contributed by atoms with Gasteiger partial charge < -0.3 is 10.2 Å². The predicted molar refractivity (Wildman–Crippen MR) is 91.5 cm³/mol. The van der Waals surface area contributed by atoms with Crippen LogP contribution in [-0.4, -0.2) is 27.6 Å². The molecule has 3 saturated carbocycles. The van der Waals surface area contributed by atoms with E-state index in [1.807, 2.05) is 0 Å². The standard InChI is InChI=1S/C21H24O4/c22-16(23)11-20(25)6-3-12(4-7-20)19(24)21-8-5-15(10-21)17-13-1-2-14(9-13)18(17)21/h3-6,8,13-15,17-18,25H,1-2,7,9-11H2,(H,22,23). The summed E-state index contributed by atoms with van der Waals surface area (Å²) in [5.74, 6) is 2.45. The van der Waals surface area contributed by atoms with E-state index in [2.05, 4.69) is 12.2 Å². The molecule has 0 aromatic heterocycles. The van der Waals surface area contributed by atoms with E-state index in [4.69, 9.17) is 5.11 Å². The molecule has 0 aliphatic heterocycles. The molecule has 3 fully saturated rings. The molecule has 7 atom stereocenters. The van der Waals surface area contributed by atoms with Gasteiger partial charge in [-0.2, -0.15) is 0 Å². The fourth-order valence-corrected chi connectivity index (χ4v) is 6.87. The molecule has 2 N–H and O–H groups in total. The van der Waals surface area contributed by atoms with Gasteiger partial charge in [-0.1, -0.05) is 30.4 Å². The largest absolute Gasteiger partial charge is 0.481 e. The molecule has 4 bridgehead atoms. The van der Waals surface area contributed by atoms with Gasteiger partial charge in [0.2, 0.25) is 0 Å². The fourth-order valence-electron chi connectivity index (χ4n) is 6.87. The van der Waals surface area contributed by atoms with Crippen molar-refractivity contribution in [2.45, 2.75) is 44.1 Å². The summed E-state index contributed by atoms with van der Waals surface area (Å²) in [6, 6.07) is 0. The van der Waals surface area contributed by atoms with Gasteiger partial charge in [0.05, 0.1) is 17.4 Å². The van der Waals surface area contributed by atoms with Crippen molar-refractivity contribution in [3.63, 3.8) is 0 Å². The monoisotopic (exact) mass is 340 g/mol. The molecule has 0 aromatic rings. The third-order valence-electron chi connectivity index (χ3n) is 7.67. The van der Waals surface area contributed by atoms with Gasteiger partial charge in [0, 0.05) is 5.57 Å². The number of ketones is 1. The first-order chi connectivity index (χ1) is 11.9. The van der Waals surface area contributed by atoms with Crippen LogP contribution in [-0.2, 0) is 9.59 Å². The van der Waals surface area contributed by atoms with Crippen molar-refractivity contribution in [2.24, 2.45) is 35.0 Å². The second kappa shape index (κ2) is 4.94. The Labute approximate surface area is 147 Å². The maximum Gasteiger partial charge on any atom is 0.306 e. The van der Waals surface area contributed by atoms with E-state index in [0.717, 1.165) is 12.3 Å². The maximum absolute atomic E-state index is 13.5. The number of Topliss-reactive ketones (excluding diaryl/α,β-unsaturated/α-hetero) is 1. The van der Waals surface area contributed by atoms with Gasteiger partial charge in [0.15, 0.2) is 5.78 Å². The number of carbonyl (C=O) groups is 2. The summed E-state index contributed by atoms with van der Waals surface area (Å²) < 4.78 is 0. The molecule has 4 nitrogen and oxygen atoms in total. The highest BCUT2D eigenvalue weighted by Crippen LogP contribution is 2.70. The number of aliphatic hydroxyl groups is 1. The second-order valence-electron chi connectivity index (χ2n) is 8.90. The van der Waals surface area contributed by atoms with Crippen LogP contribution in [0.4, 0.5) is 0 Å². The van der Waals surface area contributed by atoms with E-state index in [1.54, 1.807) is 12.2 Å². The molecule has 0 spiro atoms. The lowest BCUT2D eigenvalue weighted by molar-refractivity contribution is -0.140. The minimum atomic E-state index is -1.37. The molecule has 5 aliphatic carbocycles. The van der Waals surface area contributed by atoms with Crippen LogP contribution in [0.5, 0.6) is 0 Å². The molecule has 4 heteroatoms. The van der Waals surface area contributed by atoms with Crippen LogP contribution in [0.2, 0.25) is 0 Å². The van der Waals surface area contributed by atoms with Gasteiger partial charge >= 0.3 is 5.97 Å². The Kier molecular flexibility index (Phi) is 3.08. The molecule has 25 heavy (non-hydrogen) atoms. The van der Waals surface area contributed by atoms with Crippen LogP contribution in [0.3, 0.4) is 0 Å². The molecule has 132 valence electrons. The summed E-state index contributed by atoms with van der Waals surface area (Å²) in [5.41, 5.74) is -1.05. The highest BCUT2D eigenvalue weighted by Gasteiger charge is 2.66. The number of carboxylic acids is 1. The van der Waals surface area contributed by atoms with E-state index in [9.17, 15) is 14.7 Å². The summed E-state index contributed by atoms with van der Waals surface area (Å²) in [6.07, 6.45) is 14.1. The minimum absolute atomic E-state index is 0.194. The number of rotatable bonds is 4. The third-order valence-corrected chi connectivity index (χ3v) is 7.67. The maximum atomic E-state index is 13.5. The van der Waals surface area contributed by atoms with Gasteiger partial charge in [-0.15, -0.1) is 0 Å². The van der Waals surface area contributed by atoms with Gasteiger partial charge in [-0.25, -0.2) is 0 Å². The number of aliphatic carboxylic acids is 1. The van der Waals surface area contributed by atoms with E-state index >= 15 is 0 Å². The van der Waals surface area contributed by atoms with Crippen molar-refractivity contribution in [3.8, 4) is 0 Å². The third kappa shape index (κ3) is 2.03. The highest BCUT2D eigenvalue weighted by molar-refractivity contribution is 6.04. The lowest BCUT2D eigenvalue weighted by Crippen LogP contribution is -2.40. The number of carboxylic acid groups (broad SMARTS) is 1. The molecular formula is C21H24O4. The van der Waals surface area contributed by atoms with Crippen LogP contribution < -0.4 is 0 Å². The fraction of sp³-hybridized carbons (Fsp3) is 0.619. The molecule has 0 amide bonds. The molecular weight excluding hydrogens is 316 g/mol. The van der Waals surface area contributed by atoms with E-state index < -0.39 is 11.6 Å². The molecule has 0 radical (unpaired) electrons. The number of hydrogen-bond donors (Lipinski definition) is 2. The summed E-state index contributed by atoms with van der Waals surface area (Å²) >= 11 is 0. The first kappa shape index (κ1) is 15.6. The summed E-state index contributed by atoms with van der Waals surface area (Å²) in [5, 5.41) is 19.3.